The maximum atomic E-state index is 6.17. The lowest BCUT2D eigenvalue weighted by Gasteiger charge is -2.28. The molecule has 0 N–H and O–H groups in total. The zero-order valence-corrected chi connectivity index (χ0v) is 21.3. The van der Waals surface area contributed by atoms with Gasteiger partial charge in [0.05, 0.1) is 12.1 Å². The molecule has 0 aliphatic heterocycles. The summed E-state index contributed by atoms with van der Waals surface area (Å²) in [5.41, 5.74) is 1.82. The number of hydrogen-bond acceptors (Lipinski definition) is 6. The molecular formula is C26H38N2O4Si. The summed E-state index contributed by atoms with van der Waals surface area (Å²) in [7, 11) is -2.49. The lowest BCUT2D eigenvalue weighted by atomic mass is 10.1. The van der Waals surface area contributed by atoms with Crippen LogP contribution in [-0.2, 0) is 13.3 Å². The molecule has 0 aliphatic rings. The van der Waals surface area contributed by atoms with Gasteiger partial charge in [0.1, 0.15) is 11.3 Å². The molecule has 0 radical (unpaired) electrons. The summed E-state index contributed by atoms with van der Waals surface area (Å²) in [6, 6.07) is 11.0. The number of benzene rings is 1. The third-order valence-electron chi connectivity index (χ3n) is 5.65. The van der Waals surface area contributed by atoms with Gasteiger partial charge in [-0.2, -0.15) is 0 Å². The number of aromatic nitrogens is 2. The molecular weight excluding hydrogens is 432 g/mol. The maximum Gasteiger partial charge on any atom is 0.500 e. The quantitative estimate of drug-likeness (QED) is 0.134. The van der Waals surface area contributed by atoms with Crippen molar-refractivity contribution >= 4 is 30.6 Å². The Balaban J connectivity index is 1.39. The van der Waals surface area contributed by atoms with E-state index in [1.165, 1.54) is 19.3 Å². The summed E-state index contributed by atoms with van der Waals surface area (Å²) in [6.45, 7) is 8.68. The second-order valence-electron chi connectivity index (χ2n) is 8.05. The molecule has 0 amide bonds. The van der Waals surface area contributed by atoms with Crippen molar-refractivity contribution in [2.24, 2.45) is 0 Å². The van der Waals surface area contributed by atoms with Crippen molar-refractivity contribution in [3.05, 3.63) is 42.7 Å². The van der Waals surface area contributed by atoms with Gasteiger partial charge in [-0.05, 0) is 57.9 Å². The summed E-state index contributed by atoms with van der Waals surface area (Å²) in [5.74, 6) is 0.891. The molecule has 6 nitrogen and oxygen atoms in total. The van der Waals surface area contributed by atoms with Crippen LogP contribution in [0.1, 0.15) is 59.3 Å². The Morgan fingerprint density at radius 3 is 2.03 bits per heavy atom. The molecule has 2 aromatic heterocycles. The lowest BCUT2D eigenvalue weighted by molar-refractivity contribution is 0.0706. The van der Waals surface area contributed by atoms with Gasteiger partial charge in [0.25, 0.3) is 0 Å². The molecule has 0 saturated heterocycles. The van der Waals surface area contributed by atoms with Crippen molar-refractivity contribution in [1.82, 2.24) is 9.97 Å². The van der Waals surface area contributed by atoms with Crippen LogP contribution in [0.5, 0.6) is 5.75 Å². The molecule has 0 fully saturated rings. The Hall–Kier alpha value is -2.06. The van der Waals surface area contributed by atoms with Crippen molar-refractivity contribution in [2.75, 3.05) is 26.4 Å². The number of pyridine rings is 2. The highest BCUT2D eigenvalue weighted by Gasteiger charge is 2.39. The van der Waals surface area contributed by atoms with Gasteiger partial charge in [-0.25, -0.2) is 0 Å². The van der Waals surface area contributed by atoms with Gasteiger partial charge < -0.3 is 18.0 Å². The molecule has 180 valence electrons. The Kier molecular flexibility index (Phi) is 10.5. The van der Waals surface area contributed by atoms with E-state index in [1.54, 1.807) is 0 Å². The molecule has 3 aromatic rings. The van der Waals surface area contributed by atoms with Gasteiger partial charge in [-0.3, -0.25) is 9.97 Å². The van der Waals surface area contributed by atoms with E-state index in [4.69, 9.17) is 18.0 Å². The van der Waals surface area contributed by atoms with E-state index >= 15 is 0 Å². The average Bonchev–Trinajstić information content (AvgIpc) is 2.83. The van der Waals surface area contributed by atoms with Crippen LogP contribution in [0, 0.1) is 0 Å². The monoisotopic (exact) mass is 470 g/mol. The summed E-state index contributed by atoms with van der Waals surface area (Å²) >= 11 is 0. The fraction of sp³-hybridized carbons (Fsp3) is 0.538. The van der Waals surface area contributed by atoms with E-state index < -0.39 is 8.80 Å². The van der Waals surface area contributed by atoms with E-state index in [-0.39, 0.29) is 0 Å². The number of unbranched alkanes of at least 4 members (excludes halogenated alkanes) is 5. The molecule has 3 rings (SSSR count). The Morgan fingerprint density at radius 1 is 0.727 bits per heavy atom. The van der Waals surface area contributed by atoms with Crippen LogP contribution < -0.4 is 4.74 Å². The predicted molar refractivity (Wildman–Crippen MR) is 136 cm³/mol. The summed E-state index contributed by atoms with van der Waals surface area (Å²) in [6.07, 6.45) is 10.5. The minimum Gasteiger partial charge on any atom is -0.493 e. The Labute approximate surface area is 199 Å². The molecule has 0 unspecified atom stereocenters. The van der Waals surface area contributed by atoms with E-state index in [9.17, 15) is 0 Å². The van der Waals surface area contributed by atoms with Crippen LogP contribution in [0.3, 0.4) is 0 Å². The van der Waals surface area contributed by atoms with Crippen LogP contribution >= 0.6 is 0 Å². The minimum atomic E-state index is -2.49. The second kappa shape index (κ2) is 13.6. The molecule has 33 heavy (non-hydrogen) atoms. The zero-order valence-electron chi connectivity index (χ0n) is 20.3. The normalized spacial score (nSPS) is 12.0. The van der Waals surface area contributed by atoms with Crippen molar-refractivity contribution in [1.29, 1.82) is 0 Å². The van der Waals surface area contributed by atoms with E-state index in [0.717, 1.165) is 52.9 Å². The summed E-state index contributed by atoms with van der Waals surface area (Å²) in [5, 5.41) is 2.08. The highest BCUT2D eigenvalue weighted by atomic mass is 28.4. The second-order valence-corrected chi connectivity index (χ2v) is 10.8. The largest absolute Gasteiger partial charge is 0.500 e. The number of fused-ring (bicyclic) bond motifs is 3. The summed E-state index contributed by atoms with van der Waals surface area (Å²) < 4.78 is 24.0. The van der Waals surface area contributed by atoms with Gasteiger partial charge in [0, 0.05) is 49.0 Å². The fourth-order valence-electron chi connectivity index (χ4n) is 4.20. The van der Waals surface area contributed by atoms with Crippen molar-refractivity contribution in [2.45, 2.75) is 65.3 Å². The van der Waals surface area contributed by atoms with Crippen LogP contribution in [0.15, 0.2) is 42.7 Å². The molecule has 7 heteroatoms. The molecule has 0 bridgehead atoms. The molecule has 0 saturated carbocycles. The van der Waals surface area contributed by atoms with Crippen molar-refractivity contribution in [3.8, 4) is 5.75 Å². The number of hydrogen-bond donors (Lipinski definition) is 0. The third-order valence-corrected chi connectivity index (χ3v) is 8.80. The van der Waals surface area contributed by atoms with Crippen molar-refractivity contribution in [3.63, 3.8) is 0 Å². The fourth-order valence-corrected chi connectivity index (χ4v) is 6.88. The number of rotatable bonds is 16. The number of nitrogens with zero attached hydrogens (tertiary/aromatic N) is 2. The van der Waals surface area contributed by atoms with Crippen molar-refractivity contribution < 1.29 is 18.0 Å². The molecule has 0 spiro atoms. The van der Waals surface area contributed by atoms with Crippen LogP contribution in [0.25, 0.3) is 21.8 Å². The van der Waals surface area contributed by atoms with Gasteiger partial charge in [0.2, 0.25) is 0 Å². The van der Waals surface area contributed by atoms with E-state index in [0.29, 0.717) is 26.4 Å². The van der Waals surface area contributed by atoms with Crippen LogP contribution in [0.2, 0.25) is 6.04 Å². The number of ether oxygens (including phenoxy) is 1. The average molecular weight is 471 g/mol. The van der Waals surface area contributed by atoms with Gasteiger partial charge in [-0.1, -0.05) is 31.7 Å². The van der Waals surface area contributed by atoms with E-state index in [1.807, 2.05) is 45.3 Å². The van der Waals surface area contributed by atoms with Crippen LogP contribution in [0.4, 0.5) is 0 Å². The summed E-state index contributed by atoms with van der Waals surface area (Å²) in [4.78, 5) is 9.04. The zero-order chi connectivity index (χ0) is 23.4. The first-order valence-corrected chi connectivity index (χ1v) is 14.3. The standard InChI is InChI=1S/C26H38N2O4Si/c1-4-30-33(31-5-2,32-6-3)20-12-10-8-7-9-11-19-29-24-21-22-15-13-17-27-25(22)26-23(24)16-14-18-28-26/h13-18,21H,4-12,19-20H2,1-3H3. The highest BCUT2D eigenvalue weighted by molar-refractivity contribution is 6.60. The first kappa shape index (κ1) is 25.6. The lowest BCUT2D eigenvalue weighted by Crippen LogP contribution is -2.45. The predicted octanol–water partition coefficient (Wildman–Crippen LogP) is 6.55. The Morgan fingerprint density at radius 2 is 1.33 bits per heavy atom. The van der Waals surface area contributed by atoms with Gasteiger partial charge in [-0.15, -0.1) is 0 Å². The smallest absolute Gasteiger partial charge is 0.493 e. The Bertz CT molecular complexity index is 968. The molecule has 0 atom stereocenters. The first-order valence-electron chi connectivity index (χ1n) is 12.4. The minimum absolute atomic E-state index is 0.644. The SMILES string of the molecule is CCO[Si](CCCCCCCCOc1cc2cccnc2c2ncccc12)(OCC)OCC. The van der Waals surface area contributed by atoms with Crippen LogP contribution in [-0.4, -0.2) is 45.2 Å². The first-order chi connectivity index (χ1) is 16.2. The van der Waals surface area contributed by atoms with Gasteiger partial charge in [0.15, 0.2) is 0 Å². The topological polar surface area (TPSA) is 62.7 Å². The maximum absolute atomic E-state index is 6.17. The molecule has 1 aromatic carbocycles. The molecule has 0 aliphatic carbocycles. The third kappa shape index (κ3) is 7.21. The highest BCUT2D eigenvalue weighted by Crippen LogP contribution is 2.31. The van der Waals surface area contributed by atoms with E-state index in [2.05, 4.69) is 28.2 Å². The van der Waals surface area contributed by atoms with Gasteiger partial charge >= 0.3 is 8.80 Å². The molecule has 2 heterocycles.